The predicted octanol–water partition coefficient (Wildman–Crippen LogP) is 0.604. The number of hydrogen-bond donors (Lipinski definition) is 2. The highest BCUT2D eigenvalue weighted by atomic mass is 32.1. The number of likely N-dealkylation sites (tertiary alicyclic amines) is 1. The summed E-state index contributed by atoms with van der Waals surface area (Å²) in [6.07, 6.45) is 2.63. The monoisotopic (exact) mass is 295 g/mol. The van der Waals surface area contributed by atoms with E-state index < -0.39 is 0 Å². The first kappa shape index (κ1) is 15.0. The van der Waals surface area contributed by atoms with Gasteiger partial charge in [-0.15, -0.1) is 11.3 Å². The van der Waals surface area contributed by atoms with Crippen LogP contribution in [0.25, 0.3) is 0 Å². The maximum Gasteiger partial charge on any atom is 0.234 e. The Morgan fingerprint density at radius 1 is 1.50 bits per heavy atom. The molecule has 0 radical (unpaired) electrons. The van der Waals surface area contributed by atoms with E-state index in [4.69, 9.17) is 5.73 Å². The molecular formula is C14H21N3O2S. The highest BCUT2D eigenvalue weighted by molar-refractivity contribution is 7.09. The zero-order valence-electron chi connectivity index (χ0n) is 11.5. The van der Waals surface area contributed by atoms with Gasteiger partial charge >= 0.3 is 0 Å². The summed E-state index contributed by atoms with van der Waals surface area (Å²) >= 11 is 1.70. The lowest BCUT2D eigenvalue weighted by molar-refractivity contribution is -0.126. The average Bonchev–Trinajstić information content (AvgIpc) is 2.92. The normalized spacial score (nSPS) is 19.7. The van der Waals surface area contributed by atoms with Crippen molar-refractivity contribution >= 4 is 23.2 Å². The van der Waals surface area contributed by atoms with Crippen molar-refractivity contribution in [2.45, 2.75) is 19.3 Å². The zero-order chi connectivity index (χ0) is 14.4. The van der Waals surface area contributed by atoms with Crippen molar-refractivity contribution in [2.75, 3.05) is 26.2 Å². The first-order chi connectivity index (χ1) is 9.65. The van der Waals surface area contributed by atoms with Gasteiger partial charge in [0, 0.05) is 18.0 Å². The molecule has 0 bridgehead atoms. The molecular weight excluding hydrogens is 274 g/mol. The smallest absolute Gasteiger partial charge is 0.234 e. The van der Waals surface area contributed by atoms with Gasteiger partial charge in [0.25, 0.3) is 0 Å². The molecule has 5 nitrogen and oxygen atoms in total. The first-order valence-corrected chi connectivity index (χ1v) is 7.84. The third-order valence-electron chi connectivity index (χ3n) is 3.55. The van der Waals surface area contributed by atoms with E-state index in [0.29, 0.717) is 19.6 Å². The minimum absolute atomic E-state index is 0.0201. The molecule has 0 aromatic carbocycles. The maximum atomic E-state index is 11.9. The van der Waals surface area contributed by atoms with E-state index in [2.05, 4.69) is 11.4 Å². The number of primary amides is 1. The number of carbonyl (C=O) groups excluding carboxylic acids is 2. The summed E-state index contributed by atoms with van der Waals surface area (Å²) in [7, 11) is 0. The molecule has 1 aliphatic heterocycles. The Hall–Kier alpha value is -1.40. The SMILES string of the molecule is NC(=O)[C@@H]1CCCN(CC(=O)NCCc2cccs2)C1. The van der Waals surface area contributed by atoms with Crippen molar-refractivity contribution in [1.82, 2.24) is 10.2 Å². The standard InChI is InChI=1S/C14H21N3O2S/c15-14(19)11-3-1-7-17(9-11)10-13(18)16-6-5-12-4-2-8-20-12/h2,4,8,11H,1,3,5-7,9-10H2,(H2,15,19)(H,16,18)/t11-/m1/s1. The fraction of sp³-hybridized carbons (Fsp3) is 0.571. The van der Waals surface area contributed by atoms with E-state index in [1.54, 1.807) is 11.3 Å². The number of hydrogen-bond acceptors (Lipinski definition) is 4. The Morgan fingerprint density at radius 3 is 3.05 bits per heavy atom. The number of thiophene rings is 1. The number of piperidine rings is 1. The number of nitrogens with one attached hydrogen (secondary N) is 1. The van der Waals surface area contributed by atoms with Crippen molar-refractivity contribution < 1.29 is 9.59 Å². The molecule has 1 aromatic heterocycles. The van der Waals surface area contributed by atoms with E-state index in [0.717, 1.165) is 25.8 Å². The lowest BCUT2D eigenvalue weighted by atomic mass is 9.97. The van der Waals surface area contributed by atoms with Gasteiger partial charge in [-0.25, -0.2) is 0 Å². The van der Waals surface area contributed by atoms with Crippen molar-refractivity contribution in [3.8, 4) is 0 Å². The Morgan fingerprint density at radius 2 is 2.35 bits per heavy atom. The molecule has 1 saturated heterocycles. The minimum atomic E-state index is -0.257. The van der Waals surface area contributed by atoms with Crippen LogP contribution in [0, 0.1) is 5.92 Å². The fourth-order valence-corrected chi connectivity index (χ4v) is 3.18. The summed E-state index contributed by atoms with van der Waals surface area (Å²) in [6.45, 7) is 2.48. The van der Waals surface area contributed by atoms with Crippen LogP contribution in [0.1, 0.15) is 17.7 Å². The largest absolute Gasteiger partial charge is 0.369 e. The molecule has 3 N–H and O–H groups in total. The quantitative estimate of drug-likeness (QED) is 0.807. The van der Waals surface area contributed by atoms with Crippen molar-refractivity contribution in [1.29, 1.82) is 0 Å². The topological polar surface area (TPSA) is 75.4 Å². The van der Waals surface area contributed by atoms with E-state index >= 15 is 0 Å². The van der Waals surface area contributed by atoms with Gasteiger partial charge in [0.1, 0.15) is 0 Å². The second-order valence-electron chi connectivity index (χ2n) is 5.16. The van der Waals surface area contributed by atoms with Gasteiger partial charge in [-0.2, -0.15) is 0 Å². The van der Waals surface area contributed by atoms with Crippen LogP contribution in [-0.2, 0) is 16.0 Å². The third-order valence-corrected chi connectivity index (χ3v) is 4.48. The van der Waals surface area contributed by atoms with Gasteiger partial charge in [-0.1, -0.05) is 6.07 Å². The molecule has 1 fully saturated rings. The lowest BCUT2D eigenvalue weighted by Crippen LogP contribution is -2.45. The van der Waals surface area contributed by atoms with Crippen LogP contribution in [-0.4, -0.2) is 42.9 Å². The van der Waals surface area contributed by atoms with Crippen LogP contribution in [0.4, 0.5) is 0 Å². The van der Waals surface area contributed by atoms with Crippen LogP contribution in [0.15, 0.2) is 17.5 Å². The third kappa shape index (κ3) is 4.61. The molecule has 1 aliphatic rings. The van der Waals surface area contributed by atoms with Crippen LogP contribution in [0.2, 0.25) is 0 Å². The molecule has 0 spiro atoms. The van der Waals surface area contributed by atoms with E-state index in [1.165, 1.54) is 4.88 Å². The molecule has 0 saturated carbocycles. The summed E-state index contributed by atoms with van der Waals surface area (Å²) < 4.78 is 0. The summed E-state index contributed by atoms with van der Waals surface area (Å²) in [5, 5.41) is 4.96. The van der Waals surface area contributed by atoms with Crippen molar-refractivity contribution in [3.05, 3.63) is 22.4 Å². The predicted molar refractivity (Wildman–Crippen MR) is 79.4 cm³/mol. The number of nitrogens with two attached hydrogens (primary N) is 1. The number of rotatable bonds is 6. The van der Waals surface area contributed by atoms with E-state index in [1.807, 2.05) is 16.3 Å². The number of carbonyl (C=O) groups is 2. The highest BCUT2D eigenvalue weighted by Crippen LogP contribution is 2.15. The Kier molecular flexibility index (Phi) is 5.55. The fourth-order valence-electron chi connectivity index (χ4n) is 2.47. The molecule has 6 heteroatoms. The molecule has 1 atom stereocenters. The summed E-state index contributed by atoms with van der Waals surface area (Å²) in [5.41, 5.74) is 5.33. The van der Waals surface area contributed by atoms with Crippen molar-refractivity contribution in [3.63, 3.8) is 0 Å². The second-order valence-corrected chi connectivity index (χ2v) is 6.19. The molecule has 0 unspecified atom stereocenters. The molecule has 2 amide bonds. The Labute approximate surface area is 123 Å². The molecule has 1 aromatic rings. The minimum Gasteiger partial charge on any atom is -0.369 e. The molecule has 110 valence electrons. The molecule has 2 rings (SSSR count). The van der Waals surface area contributed by atoms with Crippen LogP contribution in [0.5, 0.6) is 0 Å². The van der Waals surface area contributed by atoms with Crippen LogP contribution < -0.4 is 11.1 Å². The van der Waals surface area contributed by atoms with Gasteiger partial charge in [0.15, 0.2) is 0 Å². The van der Waals surface area contributed by atoms with Gasteiger partial charge in [0.05, 0.1) is 12.5 Å². The average molecular weight is 295 g/mol. The summed E-state index contributed by atoms with van der Waals surface area (Å²) in [6, 6.07) is 4.08. The van der Waals surface area contributed by atoms with Gasteiger partial charge in [0.2, 0.25) is 11.8 Å². The van der Waals surface area contributed by atoms with Gasteiger partial charge < -0.3 is 11.1 Å². The van der Waals surface area contributed by atoms with Crippen molar-refractivity contribution in [2.24, 2.45) is 11.7 Å². The van der Waals surface area contributed by atoms with E-state index in [-0.39, 0.29) is 17.7 Å². The molecule has 2 heterocycles. The molecule has 0 aliphatic carbocycles. The summed E-state index contributed by atoms with van der Waals surface area (Å²) in [5.74, 6) is -0.345. The Balaban J connectivity index is 1.67. The lowest BCUT2D eigenvalue weighted by Gasteiger charge is -2.30. The highest BCUT2D eigenvalue weighted by Gasteiger charge is 2.24. The van der Waals surface area contributed by atoms with E-state index in [9.17, 15) is 9.59 Å². The Bertz CT molecular complexity index is 447. The van der Waals surface area contributed by atoms with Gasteiger partial charge in [-0.3, -0.25) is 14.5 Å². The summed E-state index contributed by atoms with van der Waals surface area (Å²) in [4.78, 5) is 26.3. The first-order valence-electron chi connectivity index (χ1n) is 6.96. The van der Waals surface area contributed by atoms with Crippen LogP contribution >= 0.6 is 11.3 Å². The maximum absolute atomic E-state index is 11.9. The van der Waals surface area contributed by atoms with Crippen LogP contribution in [0.3, 0.4) is 0 Å². The number of nitrogens with zero attached hydrogens (tertiary/aromatic N) is 1. The molecule has 20 heavy (non-hydrogen) atoms. The number of amides is 2. The van der Waals surface area contributed by atoms with Gasteiger partial charge in [-0.05, 0) is 37.3 Å². The zero-order valence-corrected chi connectivity index (χ0v) is 12.3. The second kappa shape index (κ2) is 7.40.